The standard InChI is InChI=1S/C16H30N4/c1-5-20-12-18-19-15(20)11-17-14-8-6-7-13(9-10-14)16(2,3)4/h12-14,17H,5-11H2,1-4H3. The van der Waals surface area contributed by atoms with Gasteiger partial charge in [0.25, 0.3) is 0 Å². The maximum absolute atomic E-state index is 4.20. The molecule has 1 N–H and O–H groups in total. The van der Waals surface area contributed by atoms with Crippen LogP contribution in [0.5, 0.6) is 0 Å². The van der Waals surface area contributed by atoms with Gasteiger partial charge < -0.3 is 9.88 Å². The zero-order valence-corrected chi connectivity index (χ0v) is 13.5. The molecule has 0 spiro atoms. The molecule has 4 nitrogen and oxygen atoms in total. The molecule has 0 aliphatic heterocycles. The first-order chi connectivity index (χ1) is 9.50. The molecule has 0 amide bonds. The lowest BCUT2D eigenvalue weighted by Crippen LogP contribution is -2.29. The van der Waals surface area contributed by atoms with E-state index in [0.29, 0.717) is 11.5 Å². The summed E-state index contributed by atoms with van der Waals surface area (Å²) in [5.74, 6) is 1.93. The van der Waals surface area contributed by atoms with Crippen LogP contribution >= 0.6 is 0 Å². The lowest BCUT2D eigenvalue weighted by molar-refractivity contribution is 0.213. The van der Waals surface area contributed by atoms with Crippen molar-refractivity contribution in [1.29, 1.82) is 0 Å². The second kappa shape index (κ2) is 6.70. The Morgan fingerprint density at radius 2 is 2.05 bits per heavy atom. The van der Waals surface area contributed by atoms with Crippen LogP contribution in [0.4, 0.5) is 0 Å². The van der Waals surface area contributed by atoms with Gasteiger partial charge in [-0.2, -0.15) is 0 Å². The summed E-state index contributed by atoms with van der Waals surface area (Å²) >= 11 is 0. The summed E-state index contributed by atoms with van der Waals surface area (Å²) in [4.78, 5) is 0. The van der Waals surface area contributed by atoms with E-state index >= 15 is 0 Å². The van der Waals surface area contributed by atoms with Gasteiger partial charge in [-0.15, -0.1) is 10.2 Å². The van der Waals surface area contributed by atoms with E-state index < -0.39 is 0 Å². The van der Waals surface area contributed by atoms with Gasteiger partial charge in [0.05, 0.1) is 6.54 Å². The maximum Gasteiger partial charge on any atom is 0.146 e. The summed E-state index contributed by atoms with van der Waals surface area (Å²) < 4.78 is 2.11. The molecular weight excluding hydrogens is 248 g/mol. The van der Waals surface area contributed by atoms with Crippen LogP contribution in [0.15, 0.2) is 6.33 Å². The van der Waals surface area contributed by atoms with E-state index in [1.165, 1.54) is 32.1 Å². The molecule has 20 heavy (non-hydrogen) atoms. The minimum atomic E-state index is 0.456. The van der Waals surface area contributed by atoms with Gasteiger partial charge in [-0.25, -0.2) is 0 Å². The van der Waals surface area contributed by atoms with E-state index in [1.807, 2.05) is 6.33 Å². The average molecular weight is 278 g/mol. The van der Waals surface area contributed by atoms with E-state index in [-0.39, 0.29) is 0 Å². The predicted octanol–water partition coefficient (Wildman–Crippen LogP) is 3.38. The van der Waals surface area contributed by atoms with Crippen LogP contribution < -0.4 is 5.32 Å². The second-order valence-corrected chi connectivity index (χ2v) is 7.18. The molecule has 1 heterocycles. The highest BCUT2D eigenvalue weighted by molar-refractivity contribution is 4.87. The molecule has 1 fully saturated rings. The largest absolute Gasteiger partial charge is 0.317 e. The molecule has 0 radical (unpaired) electrons. The minimum Gasteiger partial charge on any atom is -0.317 e. The molecule has 2 atom stereocenters. The Labute approximate surface area is 123 Å². The van der Waals surface area contributed by atoms with Crippen LogP contribution in [0.3, 0.4) is 0 Å². The SMILES string of the molecule is CCn1cnnc1CNC1CCCC(C(C)(C)C)CC1. The van der Waals surface area contributed by atoms with Crippen molar-refractivity contribution >= 4 is 0 Å². The molecule has 0 bridgehead atoms. The highest BCUT2D eigenvalue weighted by Gasteiger charge is 2.27. The maximum atomic E-state index is 4.20. The third-order valence-electron chi connectivity index (χ3n) is 4.78. The van der Waals surface area contributed by atoms with Crippen molar-refractivity contribution in [3.63, 3.8) is 0 Å². The van der Waals surface area contributed by atoms with Crippen molar-refractivity contribution < 1.29 is 0 Å². The molecule has 4 heteroatoms. The molecule has 2 rings (SSSR count). The summed E-state index contributed by atoms with van der Waals surface area (Å²) in [6.45, 7) is 11.1. The van der Waals surface area contributed by atoms with Gasteiger partial charge in [-0.05, 0) is 43.9 Å². The Kier molecular flexibility index (Phi) is 5.19. The van der Waals surface area contributed by atoms with Gasteiger partial charge in [-0.1, -0.05) is 27.2 Å². The number of nitrogens with zero attached hydrogens (tertiary/aromatic N) is 3. The summed E-state index contributed by atoms with van der Waals surface area (Å²) in [5, 5.41) is 11.9. The molecule has 2 unspecified atom stereocenters. The van der Waals surface area contributed by atoms with E-state index in [9.17, 15) is 0 Å². The normalized spacial score (nSPS) is 24.6. The lowest BCUT2D eigenvalue weighted by Gasteiger charge is -2.29. The molecule has 0 aromatic carbocycles. The number of nitrogens with one attached hydrogen (secondary N) is 1. The smallest absolute Gasteiger partial charge is 0.146 e. The highest BCUT2D eigenvalue weighted by Crippen LogP contribution is 2.36. The minimum absolute atomic E-state index is 0.456. The first kappa shape index (κ1) is 15.5. The molecular formula is C16H30N4. The van der Waals surface area contributed by atoms with Crippen molar-refractivity contribution in [2.75, 3.05) is 0 Å². The first-order valence-electron chi connectivity index (χ1n) is 8.10. The number of hydrogen-bond acceptors (Lipinski definition) is 3. The van der Waals surface area contributed by atoms with Crippen LogP contribution in [0.25, 0.3) is 0 Å². The second-order valence-electron chi connectivity index (χ2n) is 7.18. The fourth-order valence-corrected chi connectivity index (χ4v) is 3.29. The van der Waals surface area contributed by atoms with Crippen LogP contribution in [-0.4, -0.2) is 20.8 Å². The Hall–Kier alpha value is -0.900. The Morgan fingerprint density at radius 1 is 1.25 bits per heavy atom. The van der Waals surface area contributed by atoms with Gasteiger partial charge >= 0.3 is 0 Å². The Balaban J connectivity index is 1.83. The monoisotopic (exact) mass is 278 g/mol. The summed E-state index contributed by atoms with van der Waals surface area (Å²) in [6.07, 6.45) is 8.49. The van der Waals surface area contributed by atoms with Gasteiger partial charge in [0.1, 0.15) is 12.2 Å². The van der Waals surface area contributed by atoms with Crippen molar-refractivity contribution in [2.24, 2.45) is 11.3 Å². The zero-order chi connectivity index (χ0) is 14.6. The third-order valence-corrected chi connectivity index (χ3v) is 4.78. The number of aryl methyl sites for hydroxylation is 1. The Morgan fingerprint density at radius 3 is 2.75 bits per heavy atom. The summed E-state index contributed by atoms with van der Waals surface area (Å²) in [7, 11) is 0. The van der Waals surface area contributed by atoms with Crippen molar-refractivity contribution in [3.8, 4) is 0 Å². The third kappa shape index (κ3) is 4.05. The Bertz CT molecular complexity index is 405. The molecule has 1 aromatic heterocycles. The van der Waals surface area contributed by atoms with Crippen LogP contribution in [0, 0.1) is 11.3 Å². The highest BCUT2D eigenvalue weighted by atomic mass is 15.3. The van der Waals surface area contributed by atoms with Crippen molar-refractivity contribution in [1.82, 2.24) is 20.1 Å². The van der Waals surface area contributed by atoms with E-state index in [0.717, 1.165) is 24.8 Å². The number of rotatable bonds is 4. The quantitative estimate of drug-likeness (QED) is 0.859. The predicted molar refractivity (Wildman–Crippen MR) is 82.4 cm³/mol. The van der Waals surface area contributed by atoms with Gasteiger partial charge in [0.2, 0.25) is 0 Å². The molecule has 1 aliphatic rings. The number of hydrogen-bond donors (Lipinski definition) is 1. The lowest BCUT2D eigenvalue weighted by atomic mass is 9.76. The average Bonchev–Trinajstić information content (AvgIpc) is 2.70. The summed E-state index contributed by atoms with van der Waals surface area (Å²) in [5.41, 5.74) is 0.456. The molecule has 114 valence electrons. The zero-order valence-electron chi connectivity index (χ0n) is 13.5. The molecule has 1 saturated carbocycles. The van der Waals surface area contributed by atoms with E-state index in [1.54, 1.807) is 0 Å². The molecule has 1 aromatic rings. The fourth-order valence-electron chi connectivity index (χ4n) is 3.29. The van der Waals surface area contributed by atoms with E-state index in [2.05, 4.69) is 47.8 Å². The molecule has 1 aliphatic carbocycles. The topological polar surface area (TPSA) is 42.7 Å². The van der Waals surface area contributed by atoms with Gasteiger partial charge in [-0.3, -0.25) is 0 Å². The van der Waals surface area contributed by atoms with Crippen LogP contribution in [0.1, 0.15) is 65.6 Å². The van der Waals surface area contributed by atoms with Crippen molar-refractivity contribution in [2.45, 2.75) is 78.9 Å². The molecule has 0 saturated heterocycles. The van der Waals surface area contributed by atoms with Gasteiger partial charge in [0.15, 0.2) is 0 Å². The van der Waals surface area contributed by atoms with Crippen LogP contribution in [0.2, 0.25) is 0 Å². The summed E-state index contributed by atoms with van der Waals surface area (Å²) in [6, 6.07) is 0.643. The number of aromatic nitrogens is 3. The van der Waals surface area contributed by atoms with Crippen LogP contribution in [-0.2, 0) is 13.1 Å². The van der Waals surface area contributed by atoms with Crippen molar-refractivity contribution in [3.05, 3.63) is 12.2 Å². The first-order valence-corrected chi connectivity index (χ1v) is 8.10. The fraction of sp³-hybridized carbons (Fsp3) is 0.875. The van der Waals surface area contributed by atoms with E-state index in [4.69, 9.17) is 0 Å². The van der Waals surface area contributed by atoms with Gasteiger partial charge in [0, 0.05) is 12.6 Å².